The molecule has 3 amide bonds. The Morgan fingerprint density at radius 2 is 1.90 bits per heavy atom. The van der Waals surface area contributed by atoms with E-state index in [1.54, 1.807) is 33.3 Å². The van der Waals surface area contributed by atoms with Gasteiger partial charge in [0.05, 0.1) is 6.54 Å². The van der Waals surface area contributed by atoms with Crippen LogP contribution in [0.5, 0.6) is 0 Å². The lowest BCUT2D eigenvalue weighted by molar-refractivity contribution is -0.129. The van der Waals surface area contributed by atoms with Crippen molar-refractivity contribution >= 4 is 40.1 Å². The number of carbonyl (C=O) groups excluding carboxylic acids is 2. The molecule has 0 radical (unpaired) electrons. The highest BCUT2D eigenvalue weighted by atomic mass is 35.5. The lowest BCUT2D eigenvalue weighted by Crippen LogP contribution is -2.31. The van der Waals surface area contributed by atoms with Crippen LogP contribution < -0.4 is 5.32 Å². The quantitative estimate of drug-likeness (QED) is 0.678. The number of urea groups is 1. The number of halogens is 2. The molecule has 29 heavy (non-hydrogen) atoms. The molecule has 3 rings (SSSR count). The summed E-state index contributed by atoms with van der Waals surface area (Å²) in [6.45, 7) is 0.289. The SMILES string of the molecule is CN(C)C(=O)Cn1ccc2cc(NC(=O)N(C)Cc3c(F)cccc3Cl)ccc21. The predicted molar refractivity (Wildman–Crippen MR) is 113 cm³/mol. The Morgan fingerprint density at radius 1 is 1.14 bits per heavy atom. The zero-order valence-electron chi connectivity index (χ0n) is 16.4. The Morgan fingerprint density at radius 3 is 2.59 bits per heavy atom. The summed E-state index contributed by atoms with van der Waals surface area (Å²) in [4.78, 5) is 27.3. The van der Waals surface area contributed by atoms with E-state index < -0.39 is 5.82 Å². The van der Waals surface area contributed by atoms with Crippen LogP contribution in [0.25, 0.3) is 10.9 Å². The molecule has 0 aliphatic heterocycles. The highest BCUT2D eigenvalue weighted by Gasteiger charge is 2.15. The highest BCUT2D eigenvalue weighted by Crippen LogP contribution is 2.23. The third-order valence-electron chi connectivity index (χ3n) is 4.63. The van der Waals surface area contributed by atoms with Crippen LogP contribution in [0.4, 0.5) is 14.9 Å². The topological polar surface area (TPSA) is 57.6 Å². The van der Waals surface area contributed by atoms with Crippen molar-refractivity contribution in [2.24, 2.45) is 0 Å². The van der Waals surface area contributed by atoms with Crippen molar-refractivity contribution in [1.82, 2.24) is 14.4 Å². The van der Waals surface area contributed by atoms with E-state index in [-0.39, 0.29) is 35.6 Å². The fraction of sp³-hybridized carbons (Fsp3) is 0.238. The number of amides is 3. The molecular formula is C21H22ClFN4O2. The minimum absolute atomic E-state index is 0.00620. The lowest BCUT2D eigenvalue weighted by atomic mass is 10.2. The number of nitrogens with one attached hydrogen (secondary N) is 1. The van der Waals surface area contributed by atoms with Crippen LogP contribution in [-0.2, 0) is 17.9 Å². The van der Waals surface area contributed by atoms with E-state index in [0.717, 1.165) is 10.9 Å². The van der Waals surface area contributed by atoms with Crippen molar-refractivity contribution < 1.29 is 14.0 Å². The molecule has 8 heteroatoms. The van der Waals surface area contributed by atoms with Crippen LogP contribution in [0.2, 0.25) is 5.02 Å². The first-order chi connectivity index (χ1) is 13.8. The van der Waals surface area contributed by atoms with Crippen molar-refractivity contribution in [3.8, 4) is 0 Å². The molecule has 1 heterocycles. The summed E-state index contributed by atoms with van der Waals surface area (Å²) < 4.78 is 15.8. The zero-order valence-corrected chi connectivity index (χ0v) is 17.2. The zero-order chi connectivity index (χ0) is 21.1. The standard InChI is InChI=1S/C21H22ClFN4O2/c1-25(2)20(28)13-27-10-9-14-11-15(7-8-19(14)27)24-21(29)26(3)12-16-17(22)5-4-6-18(16)23/h4-11H,12-13H2,1-3H3,(H,24,29). The Hall–Kier alpha value is -3.06. The summed E-state index contributed by atoms with van der Waals surface area (Å²) in [6, 6.07) is 11.4. The van der Waals surface area contributed by atoms with Gasteiger partial charge in [-0.05, 0) is 36.4 Å². The molecule has 0 saturated carbocycles. The molecule has 1 N–H and O–H groups in total. The Bertz CT molecular complexity index is 1040. The fourth-order valence-electron chi connectivity index (χ4n) is 2.91. The third kappa shape index (κ3) is 4.68. The Balaban J connectivity index is 1.71. The van der Waals surface area contributed by atoms with Crippen LogP contribution in [0, 0.1) is 5.82 Å². The number of fused-ring (bicyclic) bond motifs is 1. The van der Waals surface area contributed by atoms with E-state index in [1.807, 2.05) is 29.0 Å². The summed E-state index contributed by atoms with van der Waals surface area (Å²) in [6.07, 6.45) is 1.84. The minimum Gasteiger partial charge on any atom is -0.347 e. The van der Waals surface area contributed by atoms with E-state index in [9.17, 15) is 14.0 Å². The van der Waals surface area contributed by atoms with Gasteiger partial charge in [0.1, 0.15) is 12.4 Å². The van der Waals surface area contributed by atoms with E-state index >= 15 is 0 Å². The number of anilines is 1. The van der Waals surface area contributed by atoms with Gasteiger partial charge in [-0.25, -0.2) is 9.18 Å². The Kier molecular flexibility index (Phi) is 6.08. The first-order valence-electron chi connectivity index (χ1n) is 9.00. The van der Waals surface area contributed by atoms with Crippen molar-refractivity contribution in [3.63, 3.8) is 0 Å². The molecule has 2 aromatic carbocycles. The van der Waals surface area contributed by atoms with E-state index in [0.29, 0.717) is 5.69 Å². The van der Waals surface area contributed by atoms with Gasteiger partial charge in [-0.1, -0.05) is 17.7 Å². The van der Waals surface area contributed by atoms with Gasteiger partial charge < -0.3 is 19.7 Å². The number of rotatable bonds is 5. The van der Waals surface area contributed by atoms with E-state index in [1.165, 1.54) is 21.9 Å². The predicted octanol–water partition coefficient (Wildman–Crippen LogP) is 4.19. The van der Waals surface area contributed by atoms with Crippen LogP contribution in [0.3, 0.4) is 0 Å². The second-order valence-electron chi connectivity index (χ2n) is 6.99. The summed E-state index contributed by atoms with van der Waals surface area (Å²) >= 11 is 6.03. The number of hydrogen-bond donors (Lipinski definition) is 1. The van der Waals surface area contributed by atoms with Crippen LogP contribution in [-0.4, -0.2) is 47.4 Å². The average molecular weight is 417 g/mol. The Labute approximate surface area is 173 Å². The monoisotopic (exact) mass is 416 g/mol. The molecule has 0 spiro atoms. The molecule has 0 bridgehead atoms. The molecule has 6 nitrogen and oxygen atoms in total. The van der Waals surface area contributed by atoms with Crippen molar-refractivity contribution in [1.29, 1.82) is 0 Å². The van der Waals surface area contributed by atoms with Gasteiger partial charge in [0.15, 0.2) is 0 Å². The molecule has 152 valence electrons. The van der Waals surface area contributed by atoms with Crippen molar-refractivity contribution in [2.75, 3.05) is 26.5 Å². The number of nitrogens with zero attached hydrogens (tertiary/aromatic N) is 3. The molecule has 0 atom stereocenters. The molecule has 1 aromatic heterocycles. The maximum atomic E-state index is 13.9. The first-order valence-corrected chi connectivity index (χ1v) is 9.38. The molecular weight excluding hydrogens is 395 g/mol. The number of aromatic nitrogens is 1. The largest absolute Gasteiger partial charge is 0.347 e. The maximum Gasteiger partial charge on any atom is 0.321 e. The number of carbonyl (C=O) groups is 2. The summed E-state index contributed by atoms with van der Waals surface area (Å²) in [7, 11) is 5.00. The van der Waals surface area contributed by atoms with Gasteiger partial charge in [0.25, 0.3) is 0 Å². The molecule has 0 fully saturated rings. The number of hydrogen-bond acceptors (Lipinski definition) is 2. The summed E-state index contributed by atoms with van der Waals surface area (Å²) in [5.41, 5.74) is 1.76. The van der Waals surface area contributed by atoms with Gasteiger partial charge in [-0.2, -0.15) is 0 Å². The van der Waals surface area contributed by atoms with Crippen LogP contribution >= 0.6 is 11.6 Å². The molecule has 0 aliphatic rings. The smallest absolute Gasteiger partial charge is 0.321 e. The van der Waals surface area contributed by atoms with Gasteiger partial charge in [-0.3, -0.25) is 4.79 Å². The molecule has 0 aliphatic carbocycles. The van der Waals surface area contributed by atoms with Crippen molar-refractivity contribution in [3.05, 3.63) is 65.1 Å². The summed E-state index contributed by atoms with van der Waals surface area (Å²) in [5.74, 6) is -0.458. The molecule has 0 saturated heterocycles. The van der Waals surface area contributed by atoms with Crippen molar-refractivity contribution in [2.45, 2.75) is 13.1 Å². The van der Waals surface area contributed by atoms with Crippen LogP contribution in [0.15, 0.2) is 48.7 Å². The second kappa shape index (κ2) is 8.53. The number of likely N-dealkylation sites (N-methyl/N-ethyl adjacent to an activating group) is 1. The average Bonchev–Trinajstić information content (AvgIpc) is 3.06. The van der Waals surface area contributed by atoms with Gasteiger partial charge in [0, 0.05) is 54.5 Å². The fourth-order valence-corrected chi connectivity index (χ4v) is 3.14. The molecule has 0 unspecified atom stereocenters. The van der Waals surface area contributed by atoms with Gasteiger partial charge in [-0.15, -0.1) is 0 Å². The summed E-state index contributed by atoms with van der Waals surface area (Å²) in [5, 5.41) is 3.97. The normalized spacial score (nSPS) is 10.8. The maximum absolute atomic E-state index is 13.9. The lowest BCUT2D eigenvalue weighted by Gasteiger charge is -2.19. The highest BCUT2D eigenvalue weighted by molar-refractivity contribution is 6.31. The second-order valence-corrected chi connectivity index (χ2v) is 7.40. The first kappa shape index (κ1) is 20.7. The van der Waals surface area contributed by atoms with E-state index in [2.05, 4.69) is 5.32 Å². The van der Waals surface area contributed by atoms with Crippen LogP contribution in [0.1, 0.15) is 5.56 Å². The van der Waals surface area contributed by atoms with Gasteiger partial charge >= 0.3 is 6.03 Å². The number of benzene rings is 2. The molecule has 3 aromatic rings. The van der Waals surface area contributed by atoms with Gasteiger partial charge in [0.2, 0.25) is 5.91 Å². The third-order valence-corrected chi connectivity index (χ3v) is 4.98. The van der Waals surface area contributed by atoms with E-state index in [4.69, 9.17) is 11.6 Å². The minimum atomic E-state index is -0.452.